The highest BCUT2D eigenvalue weighted by molar-refractivity contribution is 6.37. The van der Waals surface area contributed by atoms with E-state index < -0.39 is 0 Å². The fraction of sp³-hybridized carbons (Fsp3) is 0.0800. The molecule has 0 spiro atoms. The lowest BCUT2D eigenvalue weighted by atomic mass is 10.2. The molecule has 0 saturated heterocycles. The lowest BCUT2D eigenvalue weighted by Gasteiger charge is -2.11. The second kappa shape index (κ2) is 10.4. The summed E-state index contributed by atoms with van der Waals surface area (Å²) in [4.78, 5) is 12.4. The van der Waals surface area contributed by atoms with Gasteiger partial charge in [-0.05, 0) is 60.7 Å². The standard InChI is InChI=1S/C25H21Cl2N5O2/c1-32-23(15-14-18-19(26)6-5-7-20(18)27)30-31-24(32)16-10-12-17(13-11-16)28-25(33)29-21-8-3-4-9-22(21)34-2/h3-15H,1-2H3,(H2,28,29,33)/b15-14+. The van der Waals surface area contributed by atoms with Crippen molar-refractivity contribution in [3.8, 4) is 17.1 Å². The van der Waals surface area contributed by atoms with Crippen molar-refractivity contribution < 1.29 is 9.53 Å². The highest BCUT2D eigenvalue weighted by Crippen LogP contribution is 2.27. The SMILES string of the molecule is COc1ccccc1NC(=O)Nc1ccc(-c2nnc(/C=C/c3c(Cl)cccc3Cl)n2C)cc1. The molecule has 2 amide bonds. The number of anilines is 2. The predicted molar refractivity (Wildman–Crippen MR) is 137 cm³/mol. The highest BCUT2D eigenvalue weighted by Gasteiger charge is 2.11. The van der Waals surface area contributed by atoms with Crippen molar-refractivity contribution in [2.24, 2.45) is 7.05 Å². The van der Waals surface area contributed by atoms with E-state index in [-0.39, 0.29) is 6.03 Å². The van der Waals surface area contributed by atoms with Crippen LogP contribution in [-0.2, 0) is 7.05 Å². The number of amides is 2. The van der Waals surface area contributed by atoms with E-state index in [1.807, 2.05) is 48.0 Å². The second-order valence-electron chi connectivity index (χ2n) is 7.27. The van der Waals surface area contributed by atoms with Crippen LogP contribution >= 0.6 is 23.2 Å². The summed E-state index contributed by atoms with van der Waals surface area (Å²) in [6.07, 6.45) is 3.62. The van der Waals surface area contributed by atoms with Gasteiger partial charge in [0, 0.05) is 33.9 Å². The van der Waals surface area contributed by atoms with Crippen molar-refractivity contribution in [1.29, 1.82) is 0 Å². The molecule has 0 saturated carbocycles. The molecule has 34 heavy (non-hydrogen) atoms. The van der Waals surface area contributed by atoms with Gasteiger partial charge in [-0.25, -0.2) is 4.79 Å². The van der Waals surface area contributed by atoms with Crippen LogP contribution in [0.3, 0.4) is 0 Å². The van der Waals surface area contributed by atoms with E-state index in [9.17, 15) is 4.79 Å². The molecule has 0 aliphatic carbocycles. The Hall–Kier alpha value is -3.81. The van der Waals surface area contributed by atoms with E-state index >= 15 is 0 Å². The van der Waals surface area contributed by atoms with Crippen LogP contribution in [0.2, 0.25) is 10.0 Å². The molecule has 0 aliphatic heterocycles. The van der Waals surface area contributed by atoms with Crippen LogP contribution in [-0.4, -0.2) is 27.9 Å². The Bertz CT molecular complexity index is 1330. The number of aromatic nitrogens is 3. The molecule has 7 nitrogen and oxygen atoms in total. The Kier molecular flexibility index (Phi) is 7.15. The zero-order valence-electron chi connectivity index (χ0n) is 18.4. The zero-order chi connectivity index (χ0) is 24.1. The molecule has 3 aromatic carbocycles. The number of halogens is 2. The monoisotopic (exact) mass is 493 g/mol. The average Bonchev–Trinajstić information content (AvgIpc) is 3.20. The van der Waals surface area contributed by atoms with Gasteiger partial charge in [-0.15, -0.1) is 10.2 Å². The van der Waals surface area contributed by atoms with Crippen LogP contribution < -0.4 is 15.4 Å². The van der Waals surface area contributed by atoms with Crippen molar-refractivity contribution in [2.45, 2.75) is 0 Å². The third-order valence-corrected chi connectivity index (χ3v) is 5.72. The van der Waals surface area contributed by atoms with Crippen LogP contribution in [0.15, 0.2) is 66.7 Å². The summed E-state index contributed by atoms with van der Waals surface area (Å²) in [6, 6.07) is 19.5. The Balaban J connectivity index is 1.45. The Labute approximate surface area is 207 Å². The van der Waals surface area contributed by atoms with Crippen molar-refractivity contribution in [1.82, 2.24) is 14.8 Å². The molecule has 9 heteroatoms. The van der Waals surface area contributed by atoms with Crippen LogP contribution in [0.25, 0.3) is 23.5 Å². The van der Waals surface area contributed by atoms with Gasteiger partial charge in [0.1, 0.15) is 5.75 Å². The molecule has 0 bridgehead atoms. The van der Waals surface area contributed by atoms with Crippen LogP contribution in [0.4, 0.5) is 16.2 Å². The minimum atomic E-state index is -0.374. The van der Waals surface area contributed by atoms with Crippen LogP contribution in [0, 0.1) is 0 Å². The number of nitrogens with one attached hydrogen (secondary N) is 2. The van der Waals surface area contributed by atoms with Gasteiger partial charge in [0.05, 0.1) is 12.8 Å². The number of benzene rings is 3. The number of para-hydroxylation sites is 2. The van der Waals surface area contributed by atoms with E-state index in [1.54, 1.807) is 49.6 Å². The molecular formula is C25H21Cl2N5O2. The maximum absolute atomic E-state index is 12.4. The number of carbonyl (C=O) groups excluding carboxylic acids is 1. The van der Waals surface area contributed by atoms with Gasteiger partial charge in [0.2, 0.25) is 0 Å². The smallest absolute Gasteiger partial charge is 0.323 e. The largest absolute Gasteiger partial charge is 0.495 e. The van der Waals surface area contributed by atoms with Gasteiger partial charge >= 0.3 is 6.03 Å². The molecule has 1 aromatic heterocycles. The quantitative estimate of drug-likeness (QED) is 0.316. The Morgan fingerprint density at radius 2 is 1.62 bits per heavy atom. The van der Waals surface area contributed by atoms with Crippen molar-refractivity contribution in [3.63, 3.8) is 0 Å². The first-order valence-electron chi connectivity index (χ1n) is 10.3. The van der Waals surface area contributed by atoms with Gasteiger partial charge in [-0.1, -0.05) is 41.4 Å². The number of methoxy groups -OCH3 is 1. The van der Waals surface area contributed by atoms with E-state index in [1.165, 1.54) is 0 Å². The normalized spacial score (nSPS) is 10.9. The Morgan fingerprint density at radius 1 is 0.912 bits per heavy atom. The first-order chi connectivity index (χ1) is 16.5. The van der Waals surface area contributed by atoms with E-state index in [0.29, 0.717) is 38.8 Å². The molecule has 2 N–H and O–H groups in total. The molecule has 1 heterocycles. The summed E-state index contributed by atoms with van der Waals surface area (Å²) >= 11 is 12.5. The number of urea groups is 1. The zero-order valence-corrected chi connectivity index (χ0v) is 19.9. The van der Waals surface area contributed by atoms with E-state index in [4.69, 9.17) is 27.9 Å². The summed E-state index contributed by atoms with van der Waals surface area (Å²) in [5.74, 6) is 1.90. The first kappa shape index (κ1) is 23.4. The fourth-order valence-corrected chi connectivity index (χ4v) is 3.82. The van der Waals surface area contributed by atoms with E-state index in [0.717, 1.165) is 11.1 Å². The first-order valence-corrected chi connectivity index (χ1v) is 11.0. The van der Waals surface area contributed by atoms with Crippen molar-refractivity contribution in [3.05, 3.63) is 88.2 Å². The molecule has 0 unspecified atom stereocenters. The number of ether oxygens (including phenoxy) is 1. The predicted octanol–water partition coefficient (Wildman–Crippen LogP) is 6.61. The van der Waals surface area contributed by atoms with Crippen LogP contribution in [0.1, 0.15) is 11.4 Å². The molecular weight excluding hydrogens is 473 g/mol. The summed E-state index contributed by atoms with van der Waals surface area (Å²) < 4.78 is 7.11. The fourth-order valence-electron chi connectivity index (χ4n) is 3.30. The number of carbonyl (C=O) groups is 1. The van der Waals surface area contributed by atoms with Gasteiger partial charge in [0.25, 0.3) is 0 Å². The topological polar surface area (TPSA) is 81.1 Å². The molecule has 0 atom stereocenters. The highest BCUT2D eigenvalue weighted by atomic mass is 35.5. The molecule has 172 valence electrons. The van der Waals surface area contributed by atoms with Gasteiger partial charge in [0.15, 0.2) is 11.6 Å². The van der Waals surface area contributed by atoms with Gasteiger partial charge < -0.3 is 19.9 Å². The third-order valence-electron chi connectivity index (χ3n) is 5.06. The minimum Gasteiger partial charge on any atom is -0.495 e. The summed E-state index contributed by atoms with van der Waals surface area (Å²) in [6.45, 7) is 0. The second-order valence-corrected chi connectivity index (χ2v) is 8.08. The molecule has 0 radical (unpaired) electrons. The van der Waals surface area contributed by atoms with E-state index in [2.05, 4.69) is 20.8 Å². The number of hydrogen-bond acceptors (Lipinski definition) is 4. The van der Waals surface area contributed by atoms with Gasteiger partial charge in [-0.2, -0.15) is 0 Å². The summed E-state index contributed by atoms with van der Waals surface area (Å²) in [5, 5.41) is 15.2. The number of nitrogens with zero attached hydrogens (tertiary/aromatic N) is 3. The molecule has 4 rings (SSSR count). The summed E-state index contributed by atoms with van der Waals surface area (Å²) in [7, 11) is 3.42. The Morgan fingerprint density at radius 3 is 2.32 bits per heavy atom. The molecule has 0 fully saturated rings. The van der Waals surface area contributed by atoms with Crippen molar-refractivity contribution >= 4 is 52.8 Å². The maximum Gasteiger partial charge on any atom is 0.323 e. The molecule has 4 aromatic rings. The third kappa shape index (κ3) is 5.22. The average molecular weight is 494 g/mol. The lowest BCUT2D eigenvalue weighted by molar-refractivity contribution is 0.262. The summed E-state index contributed by atoms with van der Waals surface area (Å²) in [5.41, 5.74) is 2.78. The number of hydrogen-bond donors (Lipinski definition) is 2. The maximum atomic E-state index is 12.4. The lowest BCUT2D eigenvalue weighted by Crippen LogP contribution is -2.19. The van der Waals surface area contributed by atoms with Gasteiger partial charge in [-0.3, -0.25) is 0 Å². The molecule has 0 aliphatic rings. The number of rotatable bonds is 6. The van der Waals surface area contributed by atoms with Crippen molar-refractivity contribution in [2.75, 3.05) is 17.7 Å². The van der Waals surface area contributed by atoms with Crippen LogP contribution in [0.5, 0.6) is 5.75 Å². The minimum absolute atomic E-state index is 0.374.